The molecule has 0 aliphatic carbocycles. The van der Waals surface area contributed by atoms with Crippen LogP contribution in [0.3, 0.4) is 0 Å². The molecule has 0 aromatic heterocycles. The summed E-state index contributed by atoms with van der Waals surface area (Å²) in [7, 11) is 0. The SMILES string of the molecule is Cc1cc(C(O)Cc2ccc(Cl)c(Cl)c2)c(C)cc1Br. The van der Waals surface area contributed by atoms with Crippen molar-refractivity contribution in [3.05, 3.63) is 67.1 Å². The van der Waals surface area contributed by atoms with Gasteiger partial charge >= 0.3 is 0 Å². The van der Waals surface area contributed by atoms with Gasteiger partial charge in [0.15, 0.2) is 0 Å². The third kappa shape index (κ3) is 3.56. The highest BCUT2D eigenvalue weighted by molar-refractivity contribution is 9.10. The first-order valence-corrected chi connectivity index (χ1v) is 7.82. The molecule has 0 amide bonds. The van der Waals surface area contributed by atoms with Gasteiger partial charge in [-0.25, -0.2) is 0 Å². The van der Waals surface area contributed by atoms with E-state index in [1.807, 2.05) is 32.0 Å². The standard InChI is InChI=1S/C16H15BrCl2O/c1-9-6-13(17)10(2)5-12(9)16(20)8-11-3-4-14(18)15(19)7-11/h3-7,16,20H,8H2,1-2H3. The van der Waals surface area contributed by atoms with E-state index in [0.717, 1.165) is 26.7 Å². The molecule has 0 aliphatic heterocycles. The smallest absolute Gasteiger partial charge is 0.0833 e. The molecule has 20 heavy (non-hydrogen) atoms. The lowest BCUT2D eigenvalue weighted by Gasteiger charge is -2.16. The molecular weight excluding hydrogens is 359 g/mol. The van der Waals surface area contributed by atoms with Crippen molar-refractivity contribution in [2.75, 3.05) is 0 Å². The van der Waals surface area contributed by atoms with Crippen LogP contribution in [0, 0.1) is 13.8 Å². The Morgan fingerprint density at radius 2 is 1.75 bits per heavy atom. The van der Waals surface area contributed by atoms with Gasteiger partial charge in [0.05, 0.1) is 16.1 Å². The van der Waals surface area contributed by atoms with E-state index in [4.69, 9.17) is 23.2 Å². The van der Waals surface area contributed by atoms with Gasteiger partial charge < -0.3 is 5.11 Å². The molecule has 2 rings (SSSR count). The summed E-state index contributed by atoms with van der Waals surface area (Å²) in [6.45, 7) is 4.01. The monoisotopic (exact) mass is 372 g/mol. The Hall–Kier alpha value is -0.540. The van der Waals surface area contributed by atoms with Crippen LogP contribution in [0.15, 0.2) is 34.8 Å². The summed E-state index contributed by atoms with van der Waals surface area (Å²) in [5, 5.41) is 11.5. The van der Waals surface area contributed by atoms with Gasteiger partial charge in [0, 0.05) is 10.9 Å². The van der Waals surface area contributed by atoms with Gasteiger partial charge in [-0.2, -0.15) is 0 Å². The fraction of sp³-hybridized carbons (Fsp3) is 0.250. The molecular formula is C16H15BrCl2O. The lowest BCUT2D eigenvalue weighted by molar-refractivity contribution is 0.177. The Morgan fingerprint density at radius 1 is 1.05 bits per heavy atom. The van der Waals surface area contributed by atoms with E-state index in [2.05, 4.69) is 15.9 Å². The molecule has 0 bridgehead atoms. The molecule has 0 spiro atoms. The highest BCUT2D eigenvalue weighted by atomic mass is 79.9. The van der Waals surface area contributed by atoms with E-state index in [1.165, 1.54) is 0 Å². The van der Waals surface area contributed by atoms with Crippen molar-refractivity contribution in [3.8, 4) is 0 Å². The molecule has 0 saturated carbocycles. The molecule has 0 aliphatic rings. The maximum Gasteiger partial charge on any atom is 0.0833 e. The summed E-state index contributed by atoms with van der Waals surface area (Å²) < 4.78 is 1.06. The lowest BCUT2D eigenvalue weighted by Crippen LogP contribution is -2.04. The summed E-state index contributed by atoms with van der Waals surface area (Å²) in [6, 6.07) is 9.49. The number of aliphatic hydroxyl groups excluding tert-OH is 1. The van der Waals surface area contributed by atoms with Crippen molar-refractivity contribution >= 4 is 39.1 Å². The maximum absolute atomic E-state index is 10.4. The van der Waals surface area contributed by atoms with Crippen LogP contribution in [0.2, 0.25) is 10.0 Å². The van der Waals surface area contributed by atoms with Crippen LogP contribution in [0.4, 0.5) is 0 Å². The first-order valence-electron chi connectivity index (χ1n) is 6.27. The summed E-state index contributed by atoms with van der Waals surface area (Å²) in [5.74, 6) is 0. The number of halogens is 3. The zero-order valence-electron chi connectivity index (χ0n) is 11.3. The average Bonchev–Trinajstić information content (AvgIpc) is 2.38. The normalized spacial score (nSPS) is 12.5. The topological polar surface area (TPSA) is 20.2 Å². The number of aliphatic hydroxyl groups is 1. The Labute approximate surface area is 137 Å². The second-order valence-electron chi connectivity index (χ2n) is 4.93. The maximum atomic E-state index is 10.4. The predicted octanol–water partition coefficient (Wildman–Crippen LogP) is 5.65. The Bertz CT molecular complexity index is 641. The highest BCUT2D eigenvalue weighted by Crippen LogP contribution is 2.29. The number of benzene rings is 2. The van der Waals surface area contributed by atoms with Crippen molar-refractivity contribution in [1.29, 1.82) is 0 Å². The van der Waals surface area contributed by atoms with Gasteiger partial charge in [-0.15, -0.1) is 0 Å². The Kier molecular flexibility index (Phi) is 5.14. The molecule has 4 heteroatoms. The van der Waals surface area contributed by atoms with Gasteiger partial charge in [0.25, 0.3) is 0 Å². The molecule has 2 aromatic rings. The van der Waals surface area contributed by atoms with Gasteiger partial charge in [-0.1, -0.05) is 51.3 Å². The van der Waals surface area contributed by atoms with E-state index >= 15 is 0 Å². The van der Waals surface area contributed by atoms with Crippen LogP contribution >= 0.6 is 39.1 Å². The largest absolute Gasteiger partial charge is 0.388 e. The molecule has 0 radical (unpaired) electrons. The minimum Gasteiger partial charge on any atom is -0.388 e. The summed E-state index contributed by atoms with van der Waals surface area (Å²) >= 11 is 15.4. The fourth-order valence-corrected chi connectivity index (χ4v) is 2.94. The minimum absolute atomic E-state index is 0.513. The van der Waals surface area contributed by atoms with Gasteiger partial charge in [-0.05, 0) is 54.3 Å². The van der Waals surface area contributed by atoms with Crippen LogP contribution in [-0.2, 0) is 6.42 Å². The third-order valence-corrected chi connectivity index (χ3v) is 4.91. The van der Waals surface area contributed by atoms with Gasteiger partial charge in [-0.3, -0.25) is 0 Å². The molecule has 1 unspecified atom stereocenters. The summed E-state index contributed by atoms with van der Waals surface area (Å²) in [6.07, 6.45) is -0.0437. The van der Waals surface area contributed by atoms with Crippen LogP contribution in [0.1, 0.15) is 28.4 Å². The zero-order valence-corrected chi connectivity index (χ0v) is 14.4. The zero-order chi connectivity index (χ0) is 14.9. The molecule has 1 nitrogen and oxygen atoms in total. The fourth-order valence-electron chi connectivity index (χ4n) is 2.16. The molecule has 1 atom stereocenters. The molecule has 2 aromatic carbocycles. The van der Waals surface area contributed by atoms with Crippen LogP contribution in [-0.4, -0.2) is 5.11 Å². The van der Waals surface area contributed by atoms with Crippen molar-refractivity contribution in [2.24, 2.45) is 0 Å². The van der Waals surface area contributed by atoms with Crippen LogP contribution in [0.25, 0.3) is 0 Å². The van der Waals surface area contributed by atoms with E-state index in [0.29, 0.717) is 16.5 Å². The molecule has 1 N–H and O–H groups in total. The highest BCUT2D eigenvalue weighted by Gasteiger charge is 2.13. The number of hydrogen-bond donors (Lipinski definition) is 1. The third-order valence-electron chi connectivity index (χ3n) is 3.32. The molecule has 0 saturated heterocycles. The molecule has 0 fully saturated rings. The number of aryl methyl sites for hydroxylation is 2. The van der Waals surface area contributed by atoms with Crippen LogP contribution in [0.5, 0.6) is 0 Å². The first-order chi connectivity index (χ1) is 9.38. The summed E-state index contributed by atoms with van der Waals surface area (Å²) in [5.41, 5.74) is 4.08. The predicted molar refractivity (Wildman–Crippen MR) is 88.7 cm³/mol. The van der Waals surface area contributed by atoms with Crippen molar-refractivity contribution < 1.29 is 5.11 Å². The van der Waals surface area contributed by atoms with Crippen molar-refractivity contribution in [3.63, 3.8) is 0 Å². The van der Waals surface area contributed by atoms with E-state index in [9.17, 15) is 5.11 Å². The second kappa shape index (κ2) is 6.48. The Balaban J connectivity index is 2.25. The van der Waals surface area contributed by atoms with Gasteiger partial charge in [0.2, 0.25) is 0 Å². The first kappa shape index (κ1) is 15.8. The quantitative estimate of drug-likeness (QED) is 0.736. The Morgan fingerprint density at radius 3 is 2.40 bits per heavy atom. The summed E-state index contributed by atoms with van der Waals surface area (Å²) in [4.78, 5) is 0. The second-order valence-corrected chi connectivity index (χ2v) is 6.60. The van der Waals surface area contributed by atoms with E-state index in [1.54, 1.807) is 12.1 Å². The van der Waals surface area contributed by atoms with Crippen LogP contribution < -0.4 is 0 Å². The van der Waals surface area contributed by atoms with Crippen molar-refractivity contribution in [1.82, 2.24) is 0 Å². The lowest BCUT2D eigenvalue weighted by atomic mass is 9.96. The number of rotatable bonds is 3. The number of hydrogen-bond acceptors (Lipinski definition) is 1. The van der Waals surface area contributed by atoms with E-state index < -0.39 is 6.10 Å². The average molecular weight is 374 g/mol. The molecule has 106 valence electrons. The minimum atomic E-state index is -0.556. The van der Waals surface area contributed by atoms with Gasteiger partial charge in [0.1, 0.15) is 0 Å². The van der Waals surface area contributed by atoms with E-state index in [-0.39, 0.29) is 0 Å². The van der Waals surface area contributed by atoms with Crippen molar-refractivity contribution in [2.45, 2.75) is 26.4 Å². The molecule has 0 heterocycles.